The second kappa shape index (κ2) is 15.1. The number of thioether (sulfide) groups is 2. The van der Waals surface area contributed by atoms with Crippen LogP contribution >= 0.6 is 57.5 Å². The zero-order valence-electron chi connectivity index (χ0n) is 14.3. The van der Waals surface area contributed by atoms with Crippen LogP contribution in [0.3, 0.4) is 0 Å². The summed E-state index contributed by atoms with van der Waals surface area (Å²) in [7, 11) is 0. The van der Waals surface area contributed by atoms with E-state index in [1.807, 2.05) is 60.7 Å². The third-order valence-electron chi connectivity index (χ3n) is 3.03. The lowest BCUT2D eigenvalue weighted by Crippen LogP contribution is -2.08. The molecule has 2 rings (SSSR count). The Morgan fingerprint density at radius 1 is 0.654 bits per heavy atom. The predicted octanol–water partition coefficient (Wildman–Crippen LogP) is 5.68. The predicted molar refractivity (Wildman–Crippen MR) is 130 cm³/mol. The highest BCUT2D eigenvalue weighted by atomic mass is 79.9. The Morgan fingerprint density at radius 2 is 1.00 bits per heavy atom. The van der Waals surface area contributed by atoms with Crippen LogP contribution in [0.1, 0.15) is 12.8 Å². The first-order valence-electron chi connectivity index (χ1n) is 7.78. The molecule has 0 radical (unpaired) electrons. The fourth-order valence-corrected chi connectivity index (χ4v) is 3.34. The summed E-state index contributed by atoms with van der Waals surface area (Å²) < 4.78 is 0. The van der Waals surface area contributed by atoms with Gasteiger partial charge in [0.2, 0.25) is 0 Å². The van der Waals surface area contributed by atoms with E-state index in [-0.39, 0.29) is 34.0 Å². The van der Waals surface area contributed by atoms with Gasteiger partial charge in [-0.15, -0.1) is 34.0 Å². The smallest absolute Gasteiger partial charge is 0.159 e. The fourth-order valence-electron chi connectivity index (χ4n) is 1.88. The first-order valence-corrected chi connectivity index (χ1v) is 9.75. The van der Waals surface area contributed by atoms with E-state index in [4.69, 9.17) is 11.5 Å². The normalized spacial score (nSPS) is 11.4. The van der Waals surface area contributed by atoms with Crippen molar-refractivity contribution in [3.63, 3.8) is 0 Å². The third kappa shape index (κ3) is 10.9. The van der Waals surface area contributed by atoms with Crippen LogP contribution in [-0.2, 0) is 0 Å². The monoisotopic (exact) mass is 518 g/mol. The van der Waals surface area contributed by atoms with E-state index >= 15 is 0 Å². The highest BCUT2D eigenvalue weighted by molar-refractivity contribution is 8.93. The quantitative estimate of drug-likeness (QED) is 0.280. The summed E-state index contributed by atoms with van der Waals surface area (Å²) in [5, 5.41) is 1.22. The maximum atomic E-state index is 5.92. The minimum atomic E-state index is 0. The van der Waals surface area contributed by atoms with Crippen LogP contribution < -0.4 is 11.5 Å². The molecule has 0 bridgehead atoms. The molecule has 0 aromatic heterocycles. The lowest BCUT2D eigenvalue weighted by atomic mass is 10.3. The van der Waals surface area contributed by atoms with Crippen LogP contribution in [0, 0.1) is 0 Å². The lowest BCUT2D eigenvalue weighted by Gasteiger charge is -2.02. The number of nitrogens with zero attached hydrogens (tertiary/aromatic N) is 2. The summed E-state index contributed by atoms with van der Waals surface area (Å²) >= 11 is 3.18. The van der Waals surface area contributed by atoms with Crippen molar-refractivity contribution in [2.45, 2.75) is 12.8 Å². The number of amidine groups is 2. The molecule has 4 N–H and O–H groups in total. The summed E-state index contributed by atoms with van der Waals surface area (Å²) in [5.74, 6) is 1.91. The molecule has 0 fully saturated rings. The van der Waals surface area contributed by atoms with Crippen molar-refractivity contribution in [1.29, 1.82) is 0 Å². The minimum Gasteiger partial charge on any atom is -0.378 e. The Kier molecular flexibility index (Phi) is 14.6. The van der Waals surface area contributed by atoms with Gasteiger partial charge >= 0.3 is 0 Å². The van der Waals surface area contributed by atoms with Crippen LogP contribution in [0.2, 0.25) is 0 Å². The van der Waals surface area contributed by atoms with E-state index in [0.717, 1.165) is 35.7 Å². The van der Waals surface area contributed by atoms with Crippen molar-refractivity contribution in [1.82, 2.24) is 0 Å². The molecular weight excluding hydrogens is 496 g/mol. The molecule has 2 aromatic rings. The van der Waals surface area contributed by atoms with Gasteiger partial charge in [0.25, 0.3) is 0 Å². The van der Waals surface area contributed by atoms with Gasteiger partial charge in [-0.25, -0.2) is 9.98 Å². The molecule has 142 valence electrons. The van der Waals surface area contributed by atoms with Crippen LogP contribution in [0.5, 0.6) is 0 Å². The average molecular weight is 520 g/mol. The number of rotatable bonds is 7. The van der Waals surface area contributed by atoms with Crippen LogP contribution in [0.15, 0.2) is 70.6 Å². The number of benzene rings is 2. The van der Waals surface area contributed by atoms with E-state index in [1.54, 1.807) is 23.5 Å². The molecule has 0 spiro atoms. The second-order valence-electron chi connectivity index (χ2n) is 4.98. The zero-order valence-corrected chi connectivity index (χ0v) is 19.3. The van der Waals surface area contributed by atoms with Crippen molar-refractivity contribution < 1.29 is 0 Å². The average Bonchev–Trinajstić information content (AvgIpc) is 2.60. The maximum absolute atomic E-state index is 5.92. The zero-order chi connectivity index (χ0) is 17.0. The molecule has 0 aliphatic rings. The number of aliphatic imine (C=N–C) groups is 2. The molecule has 4 nitrogen and oxygen atoms in total. The molecule has 0 heterocycles. The molecule has 0 aliphatic heterocycles. The van der Waals surface area contributed by atoms with Gasteiger partial charge < -0.3 is 11.5 Å². The number of unbranched alkanes of at least 4 members (excludes halogenated alkanes) is 1. The van der Waals surface area contributed by atoms with Crippen molar-refractivity contribution >= 4 is 79.2 Å². The van der Waals surface area contributed by atoms with Gasteiger partial charge in [-0.3, -0.25) is 0 Å². The van der Waals surface area contributed by atoms with Crippen molar-refractivity contribution in [3.05, 3.63) is 60.7 Å². The Balaban J connectivity index is 0.00000312. The highest BCUT2D eigenvalue weighted by Gasteiger charge is 1.98. The number of hydrogen-bond donors (Lipinski definition) is 2. The van der Waals surface area contributed by atoms with Gasteiger partial charge in [-0.2, -0.15) is 0 Å². The summed E-state index contributed by atoms with van der Waals surface area (Å²) in [6, 6.07) is 19.5. The Morgan fingerprint density at radius 3 is 1.35 bits per heavy atom. The lowest BCUT2D eigenvalue weighted by molar-refractivity contribution is 0.910. The van der Waals surface area contributed by atoms with Gasteiger partial charge in [0.1, 0.15) is 0 Å². The van der Waals surface area contributed by atoms with Crippen LogP contribution in [0.4, 0.5) is 11.4 Å². The first-order chi connectivity index (χ1) is 11.7. The number of halogens is 2. The summed E-state index contributed by atoms with van der Waals surface area (Å²) in [4.78, 5) is 8.73. The SMILES string of the molecule is Br.Br.NC(=Nc1ccccc1)SCCCCSC(N)=Nc1ccccc1. The summed E-state index contributed by atoms with van der Waals surface area (Å²) in [6.07, 6.45) is 2.14. The molecule has 0 amide bonds. The van der Waals surface area contributed by atoms with Gasteiger partial charge in [-0.05, 0) is 37.1 Å². The first kappa shape index (κ1) is 25.0. The van der Waals surface area contributed by atoms with Gasteiger partial charge in [0.15, 0.2) is 10.3 Å². The summed E-state index contributed by atoms with van der Waals surface area (Å²) in [6.45, 7) is 0. The van der Waals surface area contributed by atoms with E-state index in [2.05, 4.69) is 9.98 Å². The molecular formula is C18H24Br2N4S2. The molecule has 26 heavy (non-hydrogen) atoms. The van der Waals surface area contributed by atoms with Crippen molar-refractivity contribution in [3.8, 4) is 0 Å². The Labute approximate surface area is 184 Å². The minimum absolute atomic E-state index is 0. The number of hydrogen-bond acceptors (Lipinski definition) is 4. The van der Waals surface area contributed by atoms with E-state index in [0.29, 0.717) is 10.3 Å². The number of para-hydroxylation sites is 2. The van der Waals surface area contributed by atoms with Crippen molar-refractivity contribution in [2.24, 2.45) is 21.5 Å². The largest absolute Gasteiger partial charge is 0.378 e. The maximum Gasteiger partial charge on any atom is 0.159 e. The molecule has 2 aromatic carbocycles. The fraction of sp³-hybridized carbons (Fsp3) is 0.222. The van der Waals surface area contributed by atoms with Gasteiger partial charge in [-0.1, -0.05) is 59.9 Å². The molecule has 0 unspecified atom stereocenters. The standard InChI is InChI=1S/C18H22N4S2.2BrH/c19-17(21-15-9-3-1-4-10-15)23-13-7-8-14-24-18(20)22-16-11-5-2-6-12-16;;/h1-6,9-12H,7-8,13-14H2,(H2,19,21)(H2,20,22);2*1H. The van der Waals surface area contributed by atoms with Crippen molar-refractivity contribution in [2.75, 3.05) is 11.5 Å². The molecule has 0 saturated carbocycles. The molecule has 8 heteroatoms. The van der Waals surface area contributed by atoms with Crippen LogP contribution in [-0.4, -0.2) is 21.8 Å². The second-order valence-corrected chi connectivity index (χ2v) is 7.21. The molecule has 0 atom stereocenters. The number of nitrogens with two attached hydrogens (primary N) is 2. The van der Waals surface area contributed by atoms with E-state index < -0.39 is 0 Å². The summed E-state index contributed by atoms with van der Waals surface area (Å²) in [5.41, 5.74) is 13.6. The highest BCUT2D eigenvalue weighted by Crippen LogP contribution is 2.16. The van der Waals surface area contributed by atoms with Crippen LogP contribution in [0.25, 0.3) is 0 Å². The Bertz CT molecular complexity index is 608. The van der Waals surface area contributed by atoms with Gasteiger partial charge in [0.05, 0.1) is 11.4 Å². The van der Waals surface area contributed by atoms with Gasteiger partial charge in [0, 0.05) is 11.5 Å². The Hall–Kier alpha value is -0.960. The van der Waals surface area contributed by atoms with E-state index in [9.17, 15) is 0 Å². The molecule has 0 saturated heterocycles. The molecule has 0 aliphatic carbocycles. The van der Waals surface area contributed by atoms with E-state index in [1.165, 1.54) is 0 Å². The third-order valence-corrected chi connectivity index (χ3v) is 4.79. The topological polar surface area (TPSA) is 76.8 Å².